The minimum Gasteiger partial charge on any atom is -0.385 e. The van der Waals surface area contributed by atoms with Gasteiger partial charge in [0.05, 0.1) is 5.60 Å². The molecule has 0 bridgehead atoms. The standard InChI is InChI=1S/C15H14I2O/c1-15(18,12-4-8-14(17)9-5-12)10-11-2-6-13(16)7-3-11/h2-9,18H,10H2,1H3. The summed E-state index contributed by atoms with van der Waals surface area (Å²) in [6.45, 7) is 1.87. The largest absolute Gasteiger partial charge is 0.385 e. The summed E-state index contributed by atoms with van der Waals surface area (Å²) < 4.78 is 2.40. The molecule has 0 saturated carbocycles. The van der Waals surface area contributed by atoms with E-state index in [0.29, 0.717) is 6.42 Å². The van der Waals surface area contributed by atoms with Crippen molar-refractivity contribution in [1.82, 2.24) is 0 Å². The smallest absolute Gasteiger partial charge is 0.0908 e. The van der Waals surface area contributed by atoms with Crippen LogP contribution in [0.4, 0.5) is 0 Å². The van der Waals surface area contributed by atoms with E-state index in [0.717, 1.165) is 11.1 Å². The normalized spacial score (nSPS) is 14.2. The zero-order chi connectivity index (χ0) is 13.2. The zero-order valence-electron chi connectivity index (χ0n) is 10.0. The molecule has 0 aliphatic heterocycles. The summed E-state index contributed by atoms with van der Waals surface area (Å²) >= 11 is 4.55. The first-order valence-corrected chi connectivity index (χ1v) is 7.86. The number of aliphatic hydroxyl groups is 1. The van der Waals surface area contributed by atoms with Gasteiger partial charge in [-0.2, -0.15) is 0 Å². The number of benzene rings is 2. The lowest BCUT2D eigenvalue weighted by atomic mass is 9.89. The van der Waals surface area contributed by atoms with Crippen molar-refractivity contribution in [2.24, 2.45) is 0 Å². The van der Waals surface area contributed by atoms with Crippen LogP contribution in [0.25, 0.3) is 0 Å². The summed E-state index contributed by atoms with van der Waals surface area (Å²) in [5.74, 6) is 0. The highest BCUT2D eigenvalue weighted by Gasteiger charge is 2.23. The van der Waals surface area contributed by atoms with E-state index < -0.39 is 5.60 Å². The molecule has 18 heavy (non-hydrogen) atoms. The van der Waals surface area contributed by atoms with Crippen molar-refractivity contribution in [3.63, 3.8) is 0 Å². The van der Waals surface area contributed by atoms with Gasteiger partial charge in [-0.05, 0) is 87.5 Å². The first-order chi connectivity index (χ1) is 8.47. The number of hydrogen-bond donors (Lipinski definition) is 1. The Kier molecular flexibility index (Phi) is 4.66. The van der Waals surface area contributed by atoms with Crippen molar-refractivity contribution in [1.29, 1.82) is 0 Å². The van der Waals surface area contributed by atoms with Gasteiger partial charge in [0.25, 0.3) is 0 Å². The molecule has 1 N–H and O–H groups in total. The second-order valence-electron chi connectivity index (χ2n) is 4.58. The Bertz CT molecular complexity index is 515. The van der Waals surface area contributed by atoms with E-state index in [2.05, 4.69) is 69.4 Å². The second-order valence-corrected chi connectivity index (χ2v) is 7.08. The molecule has 3 heteroatoms. The van der Waals surface area contributed by atoms with Crippen LogP contribution in [0.5, 0.6) is 0 Å². The van der Waals surface area contributed by atoms with Crippen LogP contribution in [-0.4, -0.2) is 5.11 Å². The molecule has 0 saturated heterocycles. The Morgan fingerprint density at radius 2 is 1.33 bits per heavy atom. The van der Waals surface area contributed by atoms with Crippen LogP contribution >= 0.6 is 45.2 Å². The van der Waals surface area contributed by atoms with E-state index >= 15 is 0 Å². The summed E-state index contributed by atoms with van der Waals surface area (Å²) in [5, 5.41) is 10.6. The zero-order valence-corrected chi connectivity index (χ0v) is 14.3. The van der Waals surface area contributed by atoms with Crippen molar-refractivity contribution < 1.29 is 5.11 Å². The van der Waals surface area contributed by atoms with Gasteiger partial charge in [-0.15, -0.1) is 0 Å². The van der Waals surface area contributed by atoms with Crippen LogP contribution < -0.4 is 0 Å². The van der Waals surface area contributed by atoms with Gasteiger partial charge < -0.3 is 5.11 Å². The minimum atomic E-state index is -0.822. The summed E-state index contributed by atoms with van der Waals surface area (Å²) in [6.07, 6.45) is 0.629. The van der Waals surface area contributed by atoms with Gasteiger partial charge in [-0.1, -0.05) is 24.3 Å². The lowest BCUT2D eigenvalue weighted by Gasteiger charge is -2.24. The average molecular weight is 464 g/mol. The molecule has 0 amide bonds. The minimum absolute atomic E-state index is 0.629. The molecule has 0 fully saturated rings. The molecule has 0 heterocycles. The first kappa shape index (κ1) is 14.3. The lowest BCUT2D eigenvalue weighted by molar-refractivity contribution is 0.0576. The van der Waals surface area contributed by atoms with Crippen LogP contribution in [0.15, 0.2) is 48.5 Å². The third-order valence-electron chi connectivity index (χ3n) is 2.93. The fourth-order valence-corrected chi connectivity index (χ4v) is 2.63. The molecule has 0 aliphatic carbocycles. The quantitative estimate of drug-likeness (QED) is 0.671. The van der Waals surface area contributed by atoms with E-state index in [9.17, 15) is 5.11 Å². The van der Waals surface area contributed by atoms with Crippen LogP contribution in [0, 0.1) is 7.14 Å². The van der Waals surface area contributed by atoms with Crippen LogP contribution in [0.3, 0.4) is 0 Å². The van der Waals surface area contributed by atoms with Crippen LogP contribution in [0.2, 0.25) is 0 Å². The van der Waals surface area contributed by atoms with Gasteiger partial charge in [-0.3, -0.25) is 0 Å². The molecule has 2 aromatic rings. The van der Waals surface area contributed by atoms with Crippen molar-refractivity contribution in [3.8, 4) is 0 Å². The molecule has 0 aromatic heterocycles. The lowest BCUT2D eigenvalue weighted by Crippen LogP contribution is -2.24. The SMILES string of the molecule is CC(O)(Cc1ccc(I)cc1)c1ccc(I)cc1. The predicted octanol–water partition coefficient (Wildman–Crippen LogP) is 4.35. The molecule has 0 spiro atoms. The van der Waals surface area contributed by atoms with Crippen molar-refractivity contribution in [3.05, 3.63) is 66.8 Å². The molecular formula is C15H14I2O. The van der Waals surface area contributed by atoms with Crippen molar-refractivity contribution >= 4 is 45.2 Å². The van der Waals surface area contributed by atoms with Gasteiger partial charge in [0, 0.05) is 13.6 Å². The van der Waals surface area contributed by atoms with Gasteiger partial charge in [0.1, 0.15) is 0 Å². The number of hydrogen-bond acceptors (Lipinski definition) is 1. The maximum absolute atomic E-state index is 10.6. The van der Waals surface area contributed by atoms with E-state index in [-0.39, 0.29) is 0 Å². The highest BCUT2D eigenvalue weighted by molar-refractivity contribution is 14.1. The maximum Gasteiger partial charge on any atom is 0.0908 e. The molecule has 94 valence electrons. The van der Waals surface area contributed by atoms with E-state index in [4.69, 9.17) is 0 Å². The van der Waals surface area contributed by atoms with E-state index in [1.165, 1.54) is 7.14 Å². The maximum atomic E-state index is 10.6. The fraction of sp³-hybridized carbons (Fsp3) is 0.200. The van der Waals surface area contributed by atoms with Crippen molar-refractivity contribution in [2.75, 3.05) is 0 Å². The Hall–Kier alpha value is -0.140. The Morgan fingerprint density at radius 1 is 0.889 bits per heavy atom. The molecular weight excluding hydrogens is 450 g/mol. The third kappa shape index (κ3) is 3.68. The average Bonchev–Trinajstić information content (AvgIpc) is 2.32. The molecule has 1 atom stereocenters. The summed E-state index contributed by atoms with van der Waals surface area (Å²) in [5.41, 5.74) is 1.29. The molecule has 2 aromatic carbocycles. The summed E-state index contributed by atoms with van der Waals surface area (Å²) in [6, 6.07) is 16.3. The molecule has 1 nitrogen and oxygen atoms in total. The fourth-order valence-electron chi connectivity index (χ4n) is 1.91. The first-order valence-electron chi connectivity index (χ1n) is 5.70. The van der Waals surface area contributed by atoms with Gasteiger partial charge >= 0.3 is 0 Å². The van der Waals surface area contributed by atoms with Crippen LogP contribution in [0.1, 0.15) is 18.1 Å². The van der Waals surface area contributed by atoms with Gasteiger partial charge in [-0.25, -0.2) is 0 Å². The molecule has 0 aliphatic rings. The summed E-state index contributed by atoms with van der Waals surface area (Å²) in [7, 11) is 0. The van der Waals surface area contributed by atoms with Crippen LogP contribution in [-0.2, 0) is 12.0 Å². The third-order valence-corrected chi connectivity index (χ3v) is 4.37. The monoisotopic (exact) mass is 464 g/mol. The van der Waals surface area contributed by atoms with Gasteiger partial charge in [0.2, 0.25) is 0 Å². The molecule has 1 unspecified atom stereocenters. The predicted molar refractivity (Wildman–Crippen MR) is 91.6 cm³/mol. The topological polar surface area (TPSA) is 20.2 Å². The van der Waals surface area contributed by atoms with E-state index in [1.54, 1.807) is 0 Å². The highest BCUT2D eigenvalue weighted by Crippen LogP contribution is 2.26. The summed E-state index contributed by atoms with van der Waals surface area (Å²) in [4.78, 5) is 0. The Morgan fingerprint density at radius 3 is 1.83 bits per heavy atom. The highest BCUT2D eigenvalue weighted by atomic mass is 127. The molecule has 2 rings (SSSR count). The Balaban J connectivity index is 2.20. The van der Waals surface area contributed by atoms with E-state index in [1.807, 2.05) is 31.2 Å². The van der Waals surface area contributed by atoms with Crippen molar-refractivity contribution in [2.45, 2.75) is 18.9 Å². The van der Waals surface area contributed by atoms with Gasteiger partial charge in [0.15, 0.2) is 0 Å². The molecule has 0 radical (unpaired) electrons. The number of halogens is 2. The number of rotatable bonds is 3. The second kappa shape index (κ2) is 5.88. The Labute approximate surface area is 135 Å².